The van der Waals surface area contributed by atoms with E-state index in [1.54, 1.807) is 16.0 Å². The number of aromatic nitrogens is 3. The van der Waals surface area contributed by atoms with E-state index >= 15 is 0 Å². The second-order valence-electron chi connectivity index (χ2n) is 6.16. The molecule has 0 aliphatic carbocycles. The fourth-order valence-electron chi connectivity index (χ4n) is 3.01. The molecule has 2 aromatic rings. The van der Waals surface area contributed by atoms with Gasteiger partial charge < -0.3 is 10.1 Å². The third-order valence-electron chi connectivity index (χ3n) is 4.31. The second kappa shape index (κ2) is 8.29. The summed E-state index contributed by atoms with van der Waals surface area (Å²) in [6.07, 6.45) is 7.14. The second-order valence-corrected chi connectivity index (χ2v) is 7.14. The fourth-order valence-corrected chi connectivity index (χ4v) is 3.83. The number of nitrogens with one attached hydrogen (secondary N) is 1. The first-order chi connectivity index (χ1) is 12.2. The smallest absolute Gasteiger partial charge is 0.338 e. The van der Waals surface area contributed by atoms with E-state index in [1.807, 2.05) is 24.4 Å². The van der Waals surface area contributed by atoms with Crippen molar-refractivity contribution in [3.8, 4) is 0 Å². The predicted octanol–water partition coefficient (Wildman–Crippen LogP) is 4.14. The number of allylic oxidation sites excluding steroid dienone is 1. The first kappa shape index (κ1) is 17.7. The molecule has 1 aliphatic heterocycles. The van der Waals surface area contributed by atoms with Gasteiger partial charge in [-0.05, 0) is 24.8 Å². The Morgan fingerprint density at radius 1 is 1.36 bits per heavy atom. The molecule has 2 aromatic heterocycles. The number of fused-ring (bicyclic) bond motifs is 1. The molecule has 1 aliphatic rings. The lowest BCUT2D eigenvalue weighted by molar-refractivity contribution is -0.139. The first-order valence-corrected chi connectivity index (χ1v) is 9.68. The van der Waals surface area contributed by atoms with E-state index in [4.69, 9.17) is 4.74 Å². The van der Waals surface area contributed by atoms with Crippen LogP contribution in [0, 0.1) is 0 Å². The molecular formula is C18H24N4O2S. The van der Waals surface area contributed by atoms with E-state index in [-0.39, 0.29) is 12.0 Å². The first-order valence-electron chi connectivity index (χ1n) is 8.80. The number of carbonyl (C=O) groups excluding carboxylic acids is 1. The maximum absolute atomic E-state index is 12.8. The zero-order valence-electron chi connectivity index (χ0n) is 14.7. The third-order valence-corrected chi connectivity index (χ3v) is 5.23. The van der Waals surface area contributed by atoms with Crippen molar-refractivity contribution in [2.75, 3.05) is 11.9 Å². The Balaban J connectivity index is 1.72. The van der Waals surface area contributed by atoms with Crippen LogP contribution in [0.3, 0.4) is 0 Å². The molecule has 0 saturated heterocycles. The van der Waals surface area contributed by atoms with Crippen LogP contribution in [0.15, 0.2) is 35.1 Å². The Hall–Kier alpha value is -2.15. The minimum atomic E-state index is -0.286. The van der Waals surface area contributed by atoms with Crippen molar-refractivity contribution in [3.63, 3.8) is 0 Å². The highest BCUT2D eigenvalue weighted by Gasteiger charge is 2.34. The van der Waals surface area contributed by atoms with E-state index in [2.05, 4.69) is 22.3 Å². The summed E-state index contributed by atoms with van der Waals surface area (Å²) in [4.78, 5) is 18.0. The number of thiophene rings is 1. The molecule has 1 atom stereocenters. The molecule has 3 rings (SSSR count). The van der Waals surface area contributed by atoms with Crippen molar-refractivity contribution in [2.24, 2.45) is 0 Å². The summed E-state index contributed by atoms with van der Waals surface area (Å²) in [5.41, 5.74) is 1.38. The van der Waals surface area contributed by atoms with Crippen LogP contribution in [0.5, 0.6) is 0 Å². The molecule has 0 radical (unpaired) electrons. The van der Waals surface area contributed by atoms with Gasteiger partial charge in [0.15, 0.2) is 0 Å². The number of nitrogens with zero attached hydrogens (tertiary/aromatic N) is 3. The van der Waals surface area contributed by atoms with Gasteiger partial charge in [-0.15, -0.1) is 11.3 Å². The van der Waals surface area contributed by atoms with Gasteiger partial charge in [-0.3, -0.25) is 0 Å². The van der Waals surface area contributed by atoms with Gasteiger partial charge in [0.05, 0.1) is 12.2 Å². The van der Waals surface area contributed by atoms with Crippen molar-refractivity contribution in [2.45, 2.75) is 52.0 Å². The van der Waals surface area contributed by atoms with Crippen LogP contribution in [0.4, 0.5) is 5.95 Å². The molecule has 0 aromatic carbocycles. The Morgan fingerprint density at radius 3 is 2.96 bits per heavy atom. The van der Waals surface area contributed by atoms with E-state index < -0.39 is 0 Å². The van der Waals surface area contributed by atoms with Crippen molar-refractivity contribution < 1.29 is 9.53 Å². The SMILES string of the molecule is CCCCCCCOC(=O)C1=C(C)Nc2ncnn2[C@H]1c1cccs1. The normalized spacial score (nSPS) is 16.5. The number of rotatable bonds is 8. The van der Waals surface area contributed by atoms with E-state index in [1.165, 1.54) is 25.6 Å². The van der Waals surface area contributed by atoms with E-state index in [0.717, 1.165) is 23.4 Å². The van der Waals surface area contributed by atoms with E-state index in [0.29, 0.717) is 18.1 Å². The highest BCUT2D eigenvalue weighted by Crippen LogP contribution is 2.37. The van der Waals surface area contributed by atoms with Crippen LogP contribution in [-0.4, -0.2) is 27.3 Å². The van der Waals surface area contributed by atoms with Crippen LogP contribution < -0.4 is 5.32 Å². The lowest BCUT2D eigenvalue weighted by atomic mass is 10.0. The molecule has 6 nitrogen and oxygen atoms in total. The van der Waals surface area contributed by atoms with Gasteiger partial charge in [-0.2, -0.15) is 10.1 Å². The maximum atomic E-state index is 12.8. The number of hydrogen-bond acceptors (Lipinski definition) is 6. The van der Waals surface area contributed by atoms with E-state index in [9.17, 15) is 4.79 Å². The summed E-state index contributed by atoms with van der Waals surface area (Å²) in [5, 5.41) is 9.45. The lowest BCUT2D eigenvalue weighted by Gasteiger charge is -2.27. The van der Waals surface area contributed by atoms with Crippen molar-refractivity contribution >= 4 is 23.3 Å². The number of carbonyl (C=O) groups is 1. The van der Waals surface area contributed by atoms with Gasteiger partial charge in [-0.1, -0.05) is 38.7 Å². The molecule has 3 heterocycles. The molecule has 0 spiro atoms. The van der Waals surface area contributed by atoms with Crippen LogP contribution in [0.2, 0.25) is 0 Å². The molecule has 7 heteroatoms. The fraction of sp³-hybridized carbons (Fsp3) is 0.500. The molecule has 25 heavy (non-hydrogen) atoms. The summed E-state index contributed by atoms with van der Waals surface area (Å²) in [6.45, 7) is 4.53. The third kappa shape index (κ3) is 3.92. The zero-order valence-corrected chi connectivity index (χ0v) is 15.5. The number of anilines is 1. The van der Waals surface area contributed by atoms with Gasteiger partial charge in [-0.25, -0.2) is 9.48 Å². The summed E-state index contributed by atoms with van der Waals surface area (Å²) in [6, 6.07) is 3.70. The Kier molecular flexibility index (Phi) is 5.86. The summed E-state index contributed by atoms with van der Waals surface area (Å²) in [5.74, 6) is 0.368. The molecule has 1 N–H and O–H groups in total. The topological polar surface area (TPSA) is 69.0 Å². The molecule has 134 valence electrons. The summed E-state index contributed by atoms with van der Waals surface area (Å²) in [7, 11) is 0. The van der Waals surface area contributed by atoms with Gasteiger partial charge in [0.25, 0.3) is 0 Å². The van der Waals surface area contributed by atoms with Gasteiger partial charge >= 0.3 is 5.97 Å². The van der Waals surface area contributed by atoms with Gasteiger partial charge in [0.2, 0.25) is 5.95 Å². The van der Waals surface area contributed by atoms with Gasteiger partial charge in [0.1, 0.15) is 12.4 Å². The number of hydrogen-bond donors (Lipinski definition) is 1. The van der Waals surface area contributed by atoms with Crippen LogP contribution >= 0.6 is 11.3 Å². The van der Waals surface area contributed by atoms with Crippen molar-refractivity contribution in [1.29, 1.82) is 0 Å². The zero-order chi connectivity index (χ0) is 17.6. The van der Waals surface area contributed by atoms with Crippen LogP contribution in [-0.2, 0) is 9.53 Å². The number of esters is 1. The molecule has 0 unspecified atom stereocenters. The summed E-state index contributed by atoms with van der Waals surface area (Å²) < 4.78 is 7.31. The molecule has 0 saturated carbocycles. The Morgan fingerprint density at radius 2 is 2.20 bits per heavy atom. The maximum Gasteiger partial charge on any atom is 0.338 e. The van der Waals surface area contributed by atoms with Gasteiger partial charge in [0, 0.05) is 10.6 Å². The molecular weight excluding hydrogens is 336 g/mol. The minimum Gasteiger partial charge on any atom is -0.462 e. The van der Waals surface area contributed by atoms with Crippen LogP contribution in [0.1, 0.15) is 56.9 Å². The molecule has 0 bridgehead atoms. The Bertz CT molecular complexity index is 736. The Labute approximate surface area is 151 Å². The molecule has 0 fully saturated rings. The number of ether oxygens (including phenoxy) is 1. The lowest BCUT2D eigenvalue weighted by Crippen LogP contribution is -2.29. The standard InChI is InChI=1S/C18H24N4O2S/c1-3-4-5-6-7-10-24-17(23)15-13(2)21-18-19-12-20-22(18)16(15)14-9-8-11-25-14/h8-9,11-12,16H,3-7,10H2,1-2H3,(H,19,20,21)/t16-/m0/s1. The largest absolute Gasteiger partial charge is 0.462 e. The average molecular weight is 360 g/mol. The minimum absolute atomic E-state index is 0.278. The quantitative estimate of drug-likeness (QED) is 0.566. The highest BCUT2D eigenvalue weighted by molar-refractivity contribution is 7.10. The molecule has 0 amide bonds. The van der Waals surface area contributed by atoms with Crippen molar-refractivity contribution in [3.05, 3.63) is 40.0 Å². The predicted molar refractivity (Wildman–Crippen MR) is 98.5 cm³/mol. The average Bonchev–Trinajstić information content (AvgIpc) is 3.27. The van der Waals surface area contributed by atoms with Crippen LogP contribution in [0.25, 0.3) is 0 Å². The summed E-state index contributed by atoms with van der Waals surface area (Å²) >= 11 is 1.60. The number of unbranched alkanes of at least 4 members (excludes halogenated alkanes) is 4. The highest BCUT2D eigenvalue weighted by atomic mass is 32.1. The van der Waals surface area contributed by atoms with Crippen molar-refractivity contribution in [1.82, 2.24) is 14.8 Å². The monoisotopic (exact) mass is 360 g/mol.